The standard InChI is InChI=1S/C15H21NO2/c1-11(2)12-4-6-13(7-5-12)14(17)16-10-15(18)8-3-9-15/h4-7,11,18H,3,8-10H2,1-2H3,(H,16,17). The average Bonchev–Trinajstić information content (AvgIpc) is 2.33. The highest BCUT2D eigenvalue weighted by Gasteiger charge is 2.34. The van der Waals surface area contributed by atoms with Crippen LogP contribution in [0.1, 0.15) is 54.9 Å². The number of nitrogens with one attached hydrogen (secondary N) is 1. The van der Waals surface area contributed by atoms with Gasteiger partial charge in [0.25, 0.3) is 5.91 Å². The van der Waals surface area contributed by atoms with Crippen LogP contribution in [0.15, 0.2) is 24.3 Å². The number of carbonyl (C=O) groups is 1. The second-order valence-electron chi connectivity index (χ2n) is 5.54. The first-order valence-electron chi connectivity index (χ1n) is 6.61. The molecule has 0 heterocycles. The number of amides is 1. The van der Waals surface area contributed by atoms with Gasteiger partial charge in [-0.3, -0.25) is 4.79 Å². The van der Waals surface area contributed by atoms with E-state index in [1.165, 1.54) is 5.56 Å². The van der Waals surface area contributed by atoms with Gasteiger partial charge in [-0.2, -0.15) is 0 Å². The van der Waals surface area contributed by atoms with E-state index in [0.717, 1.165) is 19.3 Å². The topological polar surface area (TPSA) is 49.3 Å². The Hall–Kier alpha value is -1.35. The molecular formula is C15H21NO2. The number of benzene rings is 1. The van der Waals surface area contributed by atoms with Gasteiger partial charge in [-0.05, 0) is 42.9 Å². The molecule has 2 N–H and O–H groups in total. The molecule has 0 atom stereocenters. The van der Waals surface area contributed by atoms with Crippen LogP contribution in [-0.4, -0.2) is 23.2 Å². The summed E-state index contributed by atoms with van der Waals surface area (Å²) in [4.78, 5) is 11.9. The fourth-order valence-electron chi connectivity index (χ4n) is 2.13. The minimum atomic E-state index is -0.659. The van der Waals surface area contributed by atoms with Crippen LogP contribution in [0.4, 0.5) is 0 Å². The maximum Gasteiger partial charge on any atom is 0.251 e. The van der Waals surface area contributed by atoms with Crippen molar-refractivity contribution in [2.75, 3.05) is 6.54 Å². The van der Waals surface area contributed by atoms with Crippen LogP contribution >= 0.6 is 0 Å². The second kappa shape index (κ2) is 5.11. The van der Waals surface area contributed by atoms with Crippen molar-refractivity contribution in [2.24, 2.45) is 0 Å². The summed E-state index contributed by atoms with van der Waals surface area (Å²) in [5, 5.41) is 12.7. The van der Waals surface area contributed by atoms with E-state index < -0.39 is 5.60 Å². The molecule has 18 heavy (non-hydrogen) atoms. The van der Waals surface area contributed by atoms with Crippen molar-refractivity contribution >= 4 is 5.91 Å². The normalized spacial score (nSPS) is 17.3. The van der Waals surface area contributed by atoms with Gasteiger partial charge < -0.3 is 10.4 Å². The summed E-state index contributed by atoms with van der Waals surface area (Å²) in [6, 6.07) is 7.65. The van der Waals surface area contributed by atoms with Crippen molar-refractivity contribution in [1.82, 2.24) is 5.32 Å². The van der Waals surface area contributed by atoms with E-state index in [9.17, 15) is 9.90 Å². The molecule has 0 spiro atoms. The van der Waals surface area contributed by atoms with Gasteiger partial charge in [-0.1, -0.05) is 26.0 Å². The van der Waals surface area contributed by atoms with Crippen LogP contribution in [0.2, 0.25) is 0 Å². The monoisotopic (exact) mass is 247 g/mol. The molecule has 1 aromatic carbocycles. The summed E-state index contributed by atoms with van der Waals surface area (Å²) in [5.74, 6) is 0.364. The Morgan fingerprint density at radius 2 is 1.94 bits per heavy atom. The van der Waals surface area contributed by atoms with Crippen LogP contribution in [0.5, 0.6) is 0 Å². The van der Waals surface area contributed by atoms with Crippen LogP contribution in [0.25, 0.3) is 0 Å². The molecule has 0 saturated heterocycles. The number of hydrogen-bond donors (Lipinski definition) is 2. The molecule has 1 aliphatic carbocycles. The molecule has 0 aliphatic heterocycles. The summed E-state index contributed by atoms with van der Waals surface area (Å²) in [6.07, 6.45) is 2.63. The SMILES string of the molecule is CC(C)c1ccc(C(=O)NCC2(O)CCC2)cc1. The zero-order valence-corrected chi connectivity index (χ0v) is 11.1. The highest BCUT2D eigenvalue weighted by Crippen LogP contribution is 2.30. The Morgan fingerprint density at radius 3 is 2.39 bits per heavy atom. The Kier molecular flexibility index (Phi) is 3.71. The van der Waals surface area contributed by atoms with Crippen molar-refractivity contribution in [3.63, 3.8) is 0 Å². The van der Waals surface area contributed by atoms with E-state index in [0.29, 0.717) is 18.0 Å². The fourth-order valence-corrected chi connectivity index (χ4v) is 2.13. The molecule has 1 aliphatic rings. The molecule has 1 fully saturated rings. The maximum atomic E-state index is 11.9. The van der Waals surface area contributed by atoms with E-state index in [4.69, 9.17) is 0 Å². The molecule has 0 aromatic heterocycles. The first-order chi connectivity index (χ1) is 8.50. The van der Waals surface area contributed by atoms with E-state index >= 15 is 0 Å². The molecule has 2 rings (SSSR count). The minimum absolute atomic E-state index is 0.106. The summed E-state index contributed by atoms with van der Waals surface area (Å²) < 4.78 is 0. The molecule has 98 valence electrons. The second-order valence-corrected chi connectivity index (χ2v) is 5.54. The lowest BCUT2D eigenvalue weighted by molar-refractivity contribution is -0.0300. The summed E-state index contributed by atoms with van der Waals surface area (Å²) in [5.41, 5.74) is 1.22. The molecular weight excluding hydrogens is 226 g/mol. The number of hydrogen-bond acceptors (Lipinski definition) is 2. The number of rotatable bonds is 4. The van der Waals surface area contributed by atoms with Gasteiger partial charge in [-0.25, -0.2) is 0 Å². The Morgan fingerprint density at radius 1 is 1.33 bits per heavy atom. The zero-order valence-electron chi connectivity index (χ0n) is 11.1. The van der Waals surface area contributed by atoms with E-state index in [1.54, 1.807) is 0 Å². The molecule has 0 radical (unpaired) electrons. The molecule has 1 amide bonds. The largest absolute Gasteiger partial charge is 0.388 e. The average molecular weight is 247 g/mol. The number of aliphatic hydroxyl groups is 1. The third kappa shape index (κ3) is 2.91. The molecule has 1 saturated carbocycles. The van der Waals surface area contributed by atoms with E-state index in [1.807, 2.05) is 24.3 Å². The van der Waals surface area contributed by atoms with Gasteiger partial charge in [-0.15, -0.1) is 0 Å². The van der Waals surface area contributed by atoms with Gasteiger partial charge in [0.15, 0.2) is 0 Å². The summed E-state index contributed by atoms with van der Waals surface area (Å²) >= 11 is 0. The van der Waals surface area contributed by atoms with Gasteiger partial charge in [0.2, 0.25) is 0 Å². The summed E-state index contributed by atoms with van der Waals surface area (Å²) in [7, 11) is 0. The van der Waals surface area contributed by atoms with E-state index in [2.05, 4.69) is 19.2 Å². The molecule has 1 aromatic rings. The third-order valence-electron chi connectivity index (χ3n) is 3.70. The van der Waals surface area contributed by atoms with Gasteiger partial charge >= 0.3 is 0 Å². The lowest BCUT2D eigenvalue weighted by Gasteiger charge is -2.36. The van der Waals surface area contributed by atoms with Gasteiger partial charge in [0.1, 0.15) is 0 Å². The molecule has 3 heteroatoms. The Labute approximate surface area is 108 Å². The lowest BCUT2D eigenvalue weighted by atomic mass is 9.80. The van der Waals surface area contributed by atoms with Gasteiger partial charge in [0, 0.05) is 12.1 Å². The number of carbonyl (C=O) groups excluding carboxylic acids is 1. The third-order valence-corrected chi connectivity index (χ3v) is 3.70. The molecule has 0 unspecified atom stereocenters. The Balaban J connectivity index is 1.92. The maximum absolute atomic E-state index is 11.9. The molecule has 3 nitrogen and oxygen atoms in total. The van der Waals surface area contributed by atoms with Crippen molar-refractivity contribution in [3.8, 4) is 0 Å². The highest BCUT2D eigenvalue weighted by molar-refractivity contribution is 5.94. The zero-order chi connectivity index (χ0) is 13.2. The van der Waals surface area contributed by atoms with Crippen molar-refractivity contribution in [1.29, 1.82) is 0 Å². The lowest BCUT2D eigenvalue weighted by Crippen LogP contribution is -2.47. The van der Waals surface area contributed by atoms with E-state index in [-0.39, 0.29) is 5.91 Å². The van der Waals surface area contributed by atoms with Crippen LogP contribution in [0.3, 0.4) is 0 Å². The quantitative estimate of drug-likeness (QED) is 0.858. The van der Waals surface area contributed by atoms with Gasteiger partial charge in [0.05, 0.1) is 5.60 Å². The predicted octanol–water partition coefficient (Wildman–Crippen LogP) is 2.45. The van der Waals surface area contributed by atoms with Crippen LogP contribution in [0, 0.1) is 0 Å². The fraction of sp³-hybridized carbons (Fsp3) is 0.533. The van der Waals surface area contributed by atoms with Crippen molar-refractivity contribution < 1.29 is 9.90 Å². The molecule has 0 bridgehead atoms. The van der Waals surface area contributed by atoms with Crippen LogP contribution < -0.4 is 5.32 Å². The first-order valence-corrected chi connectivity index (χ1v) is 6.61. The predicted molar refractivity (Wildman–Crippen MR) is 71.7 cm³/mol. The minimum Gasteiger partial charge on any atom is -0.388 e. The smallest absolute Gasteiger partial charge is 0.251 e. The first kappa shape index (κ1) is 13.1. The van der Waals surface area contributed by atoms with Crippen LogP contribution in [-0.2, 0) is 0 Å². The highest BCUT2D eigenvalue weighted by atomic mass is 16.3. The van der Waals surface area contributed by atoms with Crippen molar-refractivity contribution in [3.05, 3.63) is 35.4 Å². The summed E-state index contributed by atoms with van der Waals surface area (Å²) in [6.45, 7) is 4.61. The Bertz CT molecular complexity index is 419. The van der Waals surface area contributed by atoms with Crippen molar-refractivity contribution in [2.45, 2.75) is 44.6 Å².